The number of imidazole rings is 1. The second-order valence-electron chi connectivity index (χ2n) is 5.30. The number of fused-ring (bicyclic) bond motifs is 1. The topological polar surface area (TPSA) is 43.8 Å². The van der Waals surface area contributed by atoms with Crippen molar-refractivity contribution in [2.24, 2.45) is 5.73 Å². The van der Waals surface area contributed by atoms with Gasteiger partial charge >= 0.3 is 0 Å². The third kappa shape index (κ3) is 2.57. The van der Waals surface area contributed by atoms with E-state index in [0.717, 1.165) is 24.2 Å². The van der Waals surface area contributed by atoms with E-state index in [1.165, 1.54) is 11.1 Å². The Morgan fingerprint density at radius 2 is 1.76 bits per heavy atom. The molecular weight excluding hydrogens is 258 g/mol. The Morgan fingerprint density at radius 3 is 2.48 bits per heavy atom. The van der Waals surface area contributed by atoms with Crippen molar-refractivity contribution in [2.75, 3.05) is 6.54 Å². The molecule has 1 unspecified atom stereocenters. The SMILES string of the molecule is CCCc1nc2ccccc2n1C(CN)c1ccccc1. The van der Waals surface area contributed by atoms with Gasteiger partial charge in [0.25, 0.3) is 0 Å². The Balaban J connectivity index is 2.18. The van der Waals surface area contributed by atoms with Crippen LogP contribution in [0.25, 0.3) is 11.0 Å². The Kier molecular flexibility index (Phi) is 4.02. The van der Waals surface area contributed by atoms with E-state index < -0.39 is 0 Å². The average Bonchev–Trinajstić information content (AvgIpc) is 2.88. The average molecular weight is 279 g/mol. The number of nitrogens with two attached hydrogens (primary N) is 1. The quantitative estimate of drug-likeness (QED) is 0.776. The molecule has 1 heterocycles. The van der Waals surface area contributed by atoms with Gasteiger partial charge in [0.15, 0.2) is 0 Å². The second kappa shape index (κ2) is 6.10. The van der Waals surface area contributed by atoms with E-state index in [0.29, 0.717) is 6.54 Å². The molecule has 3 aromatic rings. The highest BCUT2D eigenvalue weighted by Crippen LogP contribution is 2.26. The normalized spacial score (nSPS) is 12.7. The Morgan fingerprint density at radius 1 is 1.05 bits per heavy atom. The minimum atomic E-state index is 0.139. The number of para-hydroxylation sites is 2. The second-order valence-corrected chi connectivity index (χ2v) is 5.30. The zero-order chi connectivity index (χ0) is 14.7. The summed E-state index contributed by atoms with van der Waals surface area (Å²) in [7, 11) is 0. The number of nitrogens with zero attached hydrogens (tertiary/aromatic N) is 2. The smallest absolute Gasteiger partial charge is 0.110 e. The van der Waals surface area contributed by atoms with Crippen LogP contribution in [-0.2, 0) is 6.42 Å². The van der Waals surface area contributed by atoms with E-state index in [9.17, 15) is 0 Å². The molecule has 0 aliphatic rings. The van der Waals surface area contributed by atoms with Gasteiger partial charge < -0.3 is 10.3 Å². The fourth-order valence-electron chi connectivity index (χ4n) is 2.91. The molecule has 1 aromatic heterocycles. The molecule has 0 amide bonds. The number of rotatable bonds is 5. The lowest BCUT2D eigenvalue weighted by Gasteiger charge is -2.21. The summed E-state index contributed by atoms with van der Waals surface area (Å²) in [5, 5.41) is 0. The van der Waals surface area contributed by atoms with Gasteiger partial charge in [0, 0.05) is 13.0 Å². The molecular formula is C18H21N3. The molecule has 0 aliphatic carbocycles. The highest BCUT2D eigenvalue weighted by atomic mass is 15.1. The molecule has 21 heavy (non-hydrogen) atoms. The lowest BCUT2D eigenvalue weighted by Crippen LogP contribution is -2.22. The molecule has 2 aromatic carbocycles. The zero-order valence-corrected chi connectivity index (χ0v) is 12.4. The van der Waals surface area contributed by atoms with E-state index in [2.05, 4.69) is 54.0 Å². The molecule has 0 bridgehead atoms. The maximum Gasteiger partial charge on any atom is 0.110 e. The molecule has 108 valence electrons. The van der Waals surface area contributed by atoms with Gasteiger partial charge in [-0.2, -0.15) is 0 Å². The molecule has 3 heteroatoms. The maximum absolute atomic E-state index is 6.10. The van der Waals surface area contributed by atoms with Crippen LogP contribution in [0, 0.1) is 0 Å². The minimum Gasteiger partial charge on any atom is -0.328 e. The first-order chi connectivity index (χ1) is 10.3. The first-order valence-electron chi connectivity index (χ1n) is 7.56. The Hall–Kier alpha value is -2.13. The number of aromatic nitrogens is 2. The fraction of sp³-hybridized carbons (Fsp3) is 0.278. The molecule has 1 atom stereocenters. The van der Waals surface area contributed by atoms with Crippen molar-refractivity contribution in [2.45, 2.75) is 25.8 Å². The van der Waals surface area contributed by atoms with Crippen molar-refractivity contribution in [3.05, 3.63) is 66.0 Å². The van der Waals surface area contributed by atoms with Gasteiger partial charge in [-0.25, -0.2) is 4.98 Å². The van der Waals surface area contributed by atoms with Gasteiger partial charge in [0.05, 0.1) is 17.1 Å². The van der Waals surface area contributed by atoms with Gasteiger partial charge in [-0.15, -0.1) is 0 Å². The Bertz CT molecular complexity index is 716. The van der Waals surface area contributed by atoms with E-state index in [1.807, 2.05) is 12.1 Å². The standard InChI is InChI=1S/C18H21N3/c1-2-8-18-20-15-11-6-7-12-16(15)21(18)17(13-19)14-9-4-3-5-10-14/h3-7,9-12,17H,2,8,13,19H2,1H3. The molecule has 3 nitrogen and oxygen atoms in total. The van der Waals surface area contributed by atoms with Crippen molar-refractivity contribution < 1.29 is 0 Å². The Labute approximate surface area is 125 Å². The van der Waals surface area contributed by atoms with E-state index in [1.54, 1.807) is 0 Å². The monoisotopic (exact) mass is 279 g/mol. The number of hydrogen-bond donors (Lipinski definition) is 1. The van der Waals surface area contributed by atoms with Gasteiger partial charge in [-0.05, 0) is 24.1 Å². The third-order valence-corrected chi connectivity index (χ3v) is 3.86. The molecule has 0 spiro atoms. The third-order valence-electron chi connectivity index (χ3n) is 3.86. The molecule has 0 fully saturated rings. The molecule has 0 saturated heterocycles. The van der Waals surface area contributed by atoms with Crippen LogP contribution in [0.1, 0.15) is 30.8 Å². The van der Waals surface area contributed by atoms with Crippen LogP contribution >= 0.6 is 0 Å². The molecule has 3 rings (SSSR count). The van der Waals surface area contributed by atoms with Crippen LogP contribution in [0.5, 0.6) is 0 Å². The van der Waals surface area contributed by atoms with Gasteiger partial charge in [-0.1, -0.05) is 49.4 Å². The van der Waals surface area contributed by atoms with Crippen molar-refractivity contribution in [3.8, 4) is 0 Å². The van der Waals surface area contributed by atoms with Crippen LogP contribution in [0.3, 0.4) is 0 Å². The molecule has 0 radical (unpaired) electrons. The summed E-state index contributed by atoms with van der Waals surface area (Å²) in [5.41, 5.74) is 9.56. The van der Waals surface area contributed by atoms with E-state index in [-0.39, 0.29) is 6.04 Å². The summed E-state index contributed by atoms with van der Waals surface area (Å²) >= 11 is 0. The molecule has 0 aliphatic heterocycles. The van der Waals surface area contributed by atoms with Crippen LogP contribution in [0.15, 0.2) is 54.6 Å². The van der Waals surface area contributed by atoms with E-state index >= 15 is 0 Å². The summed E-state index contributed by atoms with van der Waals surface area (Å²) in [6.07, 6.45) is 2.05. The lowest BCUT2D eigenvalue weighted by molar-refractivity contribution is 0.576. The first-order valence-corrected chi connectivity index (χ1v) is 7.56. The van der Waals surface area contributed by atoms with Crippen molar-refractivity contribution in [1.82, 2.24) is 9.55 Å². The van der Waals surface area contributed by atoms with E-state index in [4.69, 9.17) is 10.7 Å². The minimum absolute atomic E-state index is 0.139. The summed E-state index contributed by atoms with van der Waals surface area (Å²) in [6.45, 7) is 2.75. The van der Waals surface area contributed by atoms with Crippen molar-refractivity contribution in [3.63, 3.8) is 0 Å². The highest BCUT2D eigenvalue weighted by molar-refractivity contribution is 5.76. The maximum atomic E-state index is 6.10. The van der Waals surface area contributed by atoms with Gasteiger partial charge in [0.1, 0.15) is 5.82 Å². The number of benzene rings is 2. The first kappa shape index (κ1) is 13.8. The number of aryl methyl sites for hydroxylation is 1. The summed E-state index contributed by atoms with van der Waals surface area (Å²) in [6, 6.07) is 18.9. The lowest BCUT2D eigenvalue weighted by atomic mass is 10.1. The van der Waals surface area contributed by atoms with Crippen molar-refractivity contribution >= 4 is 11.0 Å². The predicted molar refractivity (Wildman–Crippen MR) is 87.4 cm³/mol. The highest BCUT2D eigenvalue weighted by Gasteiger charge is 2.18. The van der Waals surface area contributed by atoms with Crippen molar-refractivity contribution in [1.29, 1.82) is 0 Å². The van der Waals surface area contributed by atoms with Crippen LogP contribution in [0.2, 0.25) is 0 Å². The van der Waals surface area contributed by atoms with Gasteiger partial charge in [0.2, 0.25) is 0 Å². The molecule has 2 N–H and O–H groups in total. The largest absolute Gasteiger partial charge is 0.328 e. The summed E-state index contributed by atoms with van der Waals surface area (Å²) in [5.74, 6) is 1.12. The molecule has 0 saturated carbocycles. The van der Waals surface area contributed by atoms with Crippen LogP contribution < -0.4 is 5.73 Å². The predicted octanol–water partition coefficient (Wildman–Crippen LogP) is 3.54. The number of hydrogen-bond acceptors (Lipinski definition) is 2. The van der Waals surface area contributed by atoms with Gasteiger partial charge in [-0.3, -0.25) is 0 Å². The van der Waals surface area contributed by atoms with Crippen LogP contribution in [0.4, 0.5) is 0 Å². The summed E-state index contributed by atoms with van der Waals surface area (Å²) in [4.78, 5) is 4.80. The summed E-state index contributed by atoms with van der Waals surface area (Å²) < 4.78 is 2.31. The zero-order valence-electron chi connectivity index (χ0n) is 12.4. The fourth-order valence-corrected chi connectivity index (χ4v) is 2.91. The van der Waals surface area contributed by atoms with Crippen LogP contribution in [-0.4, -0.2) is 16.1 Å².